The summed E-state index contributed by atoms with van der Waals surface area (Å²) in [5.74, 6) is 0. The highest BCUT2D eigenvalue weighted by Crippen LogP contribution is 2.23. The van der Waals surface area contributed by atoms with Crippen LogP contribution >= 0.6 is 0 Å². The van der Waals surface area contributed by atoms with Gasteiger partial charge in [-0.3, -0.25) is 10.1 Å². The van der Waals surface area contributed by atoms with Crippen molar-refractivity contribution in [2.45, 2.75) is 6.92 Å². The van der Waals surface area contributed by atoms with Gasteiger partial charge in [-0.15, -0.1) is 0 Å². The van der Waals surface area contributed by atoms with Crippen LogP contribution in [0.25, 0.3) is 0 Å². The van der Waals surface area contributed by atoms with Crippen LogP contribution in [0.3, 0.4) is 0 Å². The van der Waals surface area contributed by atoms with E-state index in [4.69, 9.17) is 5.73 Å². The standard InChI is InChI=1S/C10H15N3O2/c1-8-7-9(12(2)6-5-11)3-4-10(8)13(14)15/h3-4,7H,5-6,11H2,1-2H3. The minimum absolute atomic E-state index is 0.153. The van der Waals surface area contributed by atoms with E-state index in [1.165, 1.54) is 6.07 Å². The van der Waals surface area contributed by atoms with Crippen LogP contribution < -0.4 is 10.6 Å². The van der Waals surface area contributed by atoms with Gasteiger partial charge in [0.05, 0.1) is 4.92 Å². The van der Waals surface area contributed by atoms with Gasteiger partial charge in [0.2, 0.25) is 0 Å². The molecular formula is C10H15N3O2. The third kappa shape index (κ3) is 2.66. The molecule has 0 atom stereocenters. The SMILES string of the molecule is Cc1cc(N(C)CCN)ccc1[N+](=O)[O-]. The Bertz CT molecular complexity index is 366. The van der Waals surface area contributed by atoms with E-state index in [1.807, 2.05) is 11.9 Å². The monoisotopic (exact) mass is 209 g/mol. The van der Waals surface area contributed by atoms with Gasteiger partial charge in [0.25, 0.3) is 5.69 Å². The number of nitrogens with two attached hydrogens (primary N) is 1. The Morgan fingerprint density at radius 1 is 1.53 bits per heavy atom. The maximum atomic E-state index is 10.6. The summed E-state index contributed by atoms with van der Waals surface area (Å²) in [5.41, 5.74) is 7.20. The molecule has 0 unspecified atom stereocenters. The van der Waals surface area contributed by atoms with Crippen LogP contribution in [0.4, 0.5) is 11.4 Å². The summed E-state index contributed by atoms with van der Waals surface area (Å²) >= 11 is 0. The molecule has 0 fully saturated rings. The van der Waals surface area contributed by atoms with Crippen molar-refractivity contribution >= 4 is 11.4 Å². The summed E-state index contributed by atoms with van der Waals surface area (Å²) in [4.78, 5) is 12.2. The summed E-state index contributed by atoms with van der Waals surface area (Å²) in [6.45, 7) is 3.03. The number of hydrogen-bond acceptors (Lipinski definition) is 4. The Labute approximate surface area is 88.6 Å². The molecule has 0 saturated carbocycles. The van der Waals surface area contributed by atoms with Crippen LogP contribution in [0.15, 0.2) is 18.2 Å². The molecular weight excluding hydrogens is 194 g/mol. The molecule has 0 bridgehead atoms. The van der Waals surface area contributed by atoms with Crippen molar-refractivity contribution in [2.75, 3.05) is 25.0 Å². The Morgan fingerprint density at radius 2 is 2.20 bits per heavy atom. The van der Waals surface area contributed by atoms with E-state index in [2.05, 4.69) is 0 Å². The molecule has 0 amide bonds. The first-order valence-electron chi connectivity index (χ1n) is 4.72. The lowest BCUT2D eigenvalue weighted by Gasteiger charge is -2.18. The van der Waals surface area contributed by atoms with E-state index in [0.717, 1.165) is 12.2 Å². The summed E-state index contributed by atoms with van der Waals surface area (Å²) in [6.07, 6.45) is 0. The van der Waals surface area contributed by atoms with Crippen molar-refractivity contribution in [2.24, 2.45) is 5.73 Å². The maximum Gasteiger partial charge on any atom is 0.272 e. The molecule has 82 valence electrons. The Morgan fingerprint density at radius 3 is 2.67 bits per heavy atom. The van der Waals surface area contributed by atoms with E-state index < -0.39 is 0 Å². The first-order valence-corrected chi connectivity index (χ1v) is 4.72. The number of anilines is 1. The smallest absolute Gasteiger partial charge is 0.272 e. The maximum absolute atomic E-state index is 10.6. The number of nitrogens with zero attached hydrogens (tertiary/aromatic N) is 2. The van der Waals surface area contributed by atoms with Gasteiger partial charge in [0, 0.05) is 37.5 Å². The summed E-state index contributed by atoms with van der Waals surface area (Å²) in [6, 6.07) is 5.06. The molecule has 5 heteroatoms. The van der Waals surface area contributed by atoms with Gasteiger partial charge in [-0.25, -0.2) is 0 Å². The minimum Gasteiger partial charge on any atom is -0.373 e. The Hall–Kier alpha value is -1.62. The Balaban J connectivity index is 2.96. The molecule has 2 N–H and O–H groups in total. The van der Waals surface area contributed by atoms with Crippen molar-refractivity contribution in [1.29, 1.82) is 0 Å². The lowest BCUT2D eigenvalue weighted by molar-refractivity contribution is -0.385. The molecule has 0 aliphatic carbocycles. The summed E-state index contributed by atoms with van der Waals surface area (Å²) in [7, 11) is 1.91. The van der Waals surface area contributed by atoms with Gasteiger partial charge in [-0.05, 0) is 19.1 Å². The number of nitro benzene ring substituents is 1. The number of rotatable bonds is 4. The van der Waals surface area contributed by atoms with Crippen molar-refractivity contribution in [3.63, 3.8) is 0 Å². The fraction of sp³-hybridized carbons (Fsp3) is 0.400. The van der Waals surface area contributed by atoms with Gasteiger partial charge in [-0.2, -0.15) is 0 Å². The van der Waals surface area contributed by atoms with Gasteiger partial charge in [-0.1, -0.05) is 0 Å². The van der Waals surface area contributed by atoms with Crippen LogP contribution in [-0.2, 0) is 0 Å². The van der Waals surface area contributed by atoms with Crippen molar-refractivity contribution in [3.05, 3.63) is 33.9 Å². The number of likely N-dealkylation sites (N-methyl/N-ethyl adjacent to an activating group) is 1. The lowest BCUT2D eigenvalue weighted by Crippen LogP contribution is -2.24. The molecule has 15 heavy (non-hydrogen) atoms. The third-order valence-electron chi connectivity index (χ3n) is 2.28. The second-order valence-electron chi connectivity index (χ2n) is 3.44. The predicted molar refractivity (Wildman–Crippen MR) is 60.2 cm³/mol. The molecule has 0 radical (unpaired) electrons. The number of nitro groups is 1. The Kier molecular flexibility index (Phi) is 3.62. The highest BCUT2D eigenvalue weighted by Gasteiger charge is 2.11. The molecule has 1 aromatic rings. The molecule has 0 spiro atoms. The highest BCUT2D eigenvalue weighted by molar-refractivity contribution is 5.54. The van der Waals surface area contributed by atoms with E-state index >= 15 is 0 Å². The van der Waals surface area contributed by atoms with Gasteiger partial charge in [0.1, 0.15) is 0 Å². The highest BCUT2D eigenvalue weighted by atomic mass is 16.6. The van der Waals surface area contributed by atoms with Gasteiger partial charge in [0.15, 0.2) is 0 Å². The summed E-state index contributed by atoms with van der Waals surface area (Å²) in [5, 5.41) is 10.6. The zero-order valence-electron chi connectivity index (χ0n) is 8.93. The molecule has 0 aliphatic heterocycles. The molecule has 0 aliphatic rings. The van der Waals surface area contributed by atoms with Crippen molar-refractivity contribution in [3.8, 4) is 0 Å². The second-order valence-corrected chi connectivity index (χ2v) is 3.44. The molecule has 1 aromatic carbocycles. The van der Waals surface area contributed by atoms with Crippen molar-refractivity contribution in [1.82, 2.24) is 0 Å². The topological polar surface area (TPSA) is 72.4 Å². The molecule has 5 nitrogen and oxygen atoms in total. The largest absolute Gasteiger partial charge is 0.373 e. The van der Waals surface area contributed by atoms with E-state index in [1.54, 1.807) is 19.1 Å². The zero-order valence-corrected chi connectivity index (χ0v) is 8.93. The normalized spacial score (nSPS) is 10.1. The molecule has 0 aromatic heterocycles. The van der Waals surface area contributed by atoms with E-state index in [-0.39, 0.29) is 10.6 Å². The minimum atomic E-state index is -0.373. The number of benzene rings is 1. The number of aryl methyl sites for hydroxylation is 1. The molecule has 1 rings (SSSR count). The van der Waals surface area contributed by atoms with Gasteiger partial charge >= 0.3 is 0 Å². The van der Waals surface area contributed by atoms with E-state index in [9.17, 15) is 10.1 Å². The average Bonchev–Trinajstić information content (AvgIpc) is 2.17. The predicted octanol–water partition coefficient (Wildman–Crippen LogP) is 1.30. The first-order chi connectivity index (χ1) is 7.06. The van der Waals surface area contributed by atoms with E-state index in [0.29, 0.717) is 12.1 Å². The molecule has 0 heterocycles. The van der Waals surface area contributed by atoms with Gasteiger partial charge < -0.3 is 10.6 Å². The fourth-order valence-corrected chi connectivity index (χ4v) is 1.40. The van der Waals surface area contributed by atoms with Crippen LogP contribution in [0.2, 0.25) is 0 Å². The number of hydrogen-bond donors (Lipinski definition) is 1. The van der Waals surface area contributed by atoms with Crippen LogP contribution in [0.1, 0.15) is 5.56 Å². The van der Waals surface area contributed by atoms with Crippen LogP contribution in [0, 0.1) is 17.0 Å². The third-order valence-corrected chi connectivity index (χ3v) is 2.28. The average molecular weight is 209 g/mol. The summed E-state index contributed by atoms with van der Waals surface area (Å²) < 4.78 is 0. The fourth-order valence-electron chi connectivity index (χ4n) is 1.40. The van der Waals surface area contributed by atoms with Crippen LogP contribution in [0.5, 0.6) is 0 Å². The zero-order chi connectivity index (χ0) is 11.4. The molecule has 0 saturated heterocycles. The first kappa shape index (κ1) is 11.5. The second kappa shape index (κ2) is 4.75. The van der Waals surface area contributed by atoms with Crippen LogP contribution in [-0.4, -0.2) is 25.1 Å². The quantitative estimate of drug-likeness (QED) is 0.599. The lowest BCUT2D eigenvalue weighted by atomic mass is 10.1. The van der Waals surface area contributed by atoms with Crippen molar-refractivity contribution < 1.29 is 4.92 Å².